The van der Waals surface area contributed by atoms with Crippen molar-refractivity contribution >= 4 is 11.0 Å². The average Bonchev–Trinajstić information content (AvgIpc) is 2.73. The van der Waals surface area contributed by atoms with Gasteiger partial charge in [0.05, 0.1) is 20.0 Å². The second-order valence-electron chi connectivity index (χ2n) is 4.43. The van der Waals surface area contributed by atoms with E-state index >= 15 is 0 Å². The summed E-state index contributed by atoms with van der Waals surface area (Å²) in [6.45, 7) is 2.46. The van der Waals surface area contributed by atoms with Gasteiger partial charge in [-0.1, -0.05) is 6.07 Å². The van der Waals surface area contributed by atoms with Gasteiger partial charge in [-0.05, 0) is 24.1 Å². The van der Waals surface area contributed by atoms with Crippen molar-refractivity contribution in [3.63, 3.8) is 0 Å². The molecule has 1 aliphatic heterocycles. The van der Waals surface area contributed by atoms with Crippen LogP contribution >= 0.6 is 0 Å². The van der Waals surface area contributed by atoms with Gasteiger partial charge in [-0.25, -0.2) is 0 Å². The molecule has 1 aliphatic rings. The van der Waals surface area contributed by atoms with Gasteiger partial charge in [-0.3, -0.25) is 0 Å². The van der Waals surface area contributed by atoms with Crippen LogP contribution < -0.4 is 10.1 Å². The number of hydrogen-bond donors (Lipinski definition) is 1. The number of hydrogen-bond acceptors (Lipinski definition) is 4. The van der Waals surface area contributed by atoms with Gasteiger partial charge >= 0.3 is 0 Å². The molecule has 2 heterocycles. The quantitative estimate of drug-likeness (QED) is 0.885. The van der Waals surface area contributed by atoms with Crippen LogP contribution in [-0.4, -0.2) is 26.9 Å². The van der Waals surface area contributed by atoms with Crippen LogP contribution in [0.5, 0.6) is 5.75 Å². The first-order valence-corrected chi connectivity index (χ1v) is 6.25. The molecule has 1 fully saturated rings. The molecular weight excluding hydrogens is 230 g/mol. The van der Waals surface area contributed by atoms with Gasteiger partial charge < -0.3 is 19.2 Å². The van der Waals surface area contributed by atoms with Gasteiger partial charge in [0.2, 0.25) is 0 Å². The average molecular weight is 247 g/mol. The zero-order valence-corrected chi connectivity index (χ0v) is 10.4. The number of fused-ring (bicyclic) bond motifs is 1. The lowest BCUT2D eigenvalue weighted by molar-refractivity contribution is 0.150. The van der Waals surface area contributed by atoms with Crippen LogP contribution in [0, 0.1) is 0 Å². The maximum absolute atomic E-state index is 5.52. The van der Waals surface area contributed by atoms with E-state index in [1.165, 1.54) is 5.56 Å². The first kappa shape index (κ1) is 11.6. The summed E-state index contributed by atoms with van der Waals surface area (Å²) in [7, 11) is 1.66. The van der Waals surface area contributed by atoms with Crippen LogP contribution in [0.4, 0.5) is 0 Å². The molecule has 0 aliphatic carbocycles. The van der Waals surface area contributed by atoms with E-state index < -0.39 is 0 Å². The zero-order valence-electron chi connectivity index (χ0n) is 10.4. The van der Waals surface area contributed by atoms with E-state index in [1.54, 1.807) is 13.4 Å². The summed E-state index contributed by atoms with van der Waals surface area (Å²) in [6.07, 6.45) is 2.69. The summed E-state index contributed by atoms with van der Waals surface area (Å²) in [4.78, 5) is 0. The Balaban J connectivity index is 2.03. The Labute approximate surface area is 106 Å². The third-order valence-corrected chi connectivity index (χ3v) is 3.40. The van der Waals surface area contributed by atoms with Crippen LogP contribution in [0.15, 0.2) is 28.9 Å². The number of benzene rings is 1. The first-order valence-electron chi connectivity index (χ1n) is 6.25. The molecule has 0 saturated carbocycles. The Hall–Kier alpha value is -1.52. The molecule has 0 radical (unpaired) electrons. The largest absolute Gasteiger partial charge is 0.493 e. The topological polar surface area (TPSA) is 43.6 Å². The molecule has 1 saturated heterocycles. The van der Waals surface area contributed by atoms with Gasteiger partial charge in [0, 0.05) is 24.6 Å². The highest BCUT2D eigenvalue weighted by molar-refractivity contribution is 5.86. The van der Waals surface area contributed by atoms with E-state index in [4.69, 9.17) is 13.9 Å². The highest BCUT2D eigenvalue weighted by Gasteiger charge is 2.18. The molecule has 2 aromatic rings. The van der Waals surface area contributed by atoms with Crippen molar-refractivity contribution in [2.45, 2.75) is 12.5 Å². The zero-order chi connectivity index (χ0) is 12.4. The Morgan fingerprint density at radius 3 is 3.11 bits per heavy atom. The van der Waals surface area contributed by atoms with Crippen molar-refractivity contribution in [2.24, 2.45) is 0 Å². The Kier molecular flexibility index (Phi) is 3.21. The normalized spacial score (nSPS) is 20.8. The minimum absolute atomic E-state index is 0.318. The fourth-order valence-electron chi connectivity index (χ4n) is 2.50. The van der Waals surface area contributed by atoms with E-state index in [0.29, 0.717) is 6.04 Å². The molecule has 1 N–H and O–H groups in total. The number of furan rings is 1. The second kappa shape index (κ2) is 5.00. The number of rotatable bonds is 2. The molecule has 1 aromatic carbocycles. The monoisotopic (exact) mass is 247 g/mol. The highest BCUT2D eigenvalue weighted by Crippen LogP contribution is 2.33. The predicted octanol–water partition coefficient (Wildman–Crippen LogP) is 2.49. The molecule has 1 aromatic heterocycles. The molecular formula is C14H17NO3. The maximum atomic E-state index is 5.52. The lowest BCUT2D eigenvalue weighted by atomic mass is 10.00. The maximum Gasteiger partial charge on any atom is 0.176 e. The molecule has 0 amide bonds. The Morgan fingerprint density at radius 1 is 1.28 bits per heavy atom. The third kappa shape index (κ3) is 1.98. The summed E-state index contributed by atoms with van der Waals surface area (Å²) in [5.41, 5.74) is 2.08. The summed E-state index contributed by atoms with van der Waals surface area (Å²) in [5.74, 6) is 0.781. The summed E-state index contributed by atoms with van der Waals surface area (Å²) in [5, 5.41) is 4.63. The van der Waals surface area contributed by atoms with E-state index in [1.807, 2.05) is 12.1 Å². The predicted molar refractivity (Wildman–Crippen MR) is 68.9 cm³/mol. The van der Waals surface area contributed by atoms with Crippen molar-refractivity contribution in [3.05, 3.63) is 30.0 Å². The fourth-order valence-corrected chi connectivity index (χ4v) is 2.50. The molecule has 18 heavy (non-hydrogen) atoms. The lowest BCUT2D eigenvalue weighted by Gasteiger charge is -2.17. The fraction of sp³-hybridized carbons (Fsp3) is 0.429. The van der Waals surface area contributed by atoms with Crippen molar-refractivity contribution < 1.29 is 13.9 Å². The van der Waals surface area contributed by atoms with E-state index in [0.717, 1.165) is 42.9 Å². The molecule has 1 atom stereocenters. The van der Waals surface area contributed by atoms with Gasteiger partial charge in [0.25, 0.3) is 0 Å². The minimum atomic E-state index is 0.318. The molecule has 0 spiro atoms. The summed E-state index contributed by atoms with van der Waals surface area (Å²) < 4.78 is 16.3. The van der Waals surface area contributed by atoms with Gasteiger partial charge in [0.15, 0.2) is 11.3 Å². The van der Waals surface area contributed by atoms with Gasteiger partial charge in [-0.15, -0.1) is 0 Å². The summed E-state index contributed by atoms with van der Waals surface area (Å²) in [6, 6.07) is 6.40. The standard InChI is InChI=1S/C14H17NO3/c1-16-13-3-2-10(11-4-8-18-14(11)13)12-5-7-17-9-6-15-12/h2-4,8,12,15H,5-7,9H2,1H3. The van der Waals surface area contributed by atoms with Crippen LogP contribution in [0.3, 0.4) is 0 Å². The van der Waals surface area contributed by atoms with Gasteiger partial charge in [0.1, 0.15) is 0 Å². The minimum Gasteiger partial charge on any atom is -0.493 e. The van der Waals surface area contributed by atoms with Crippen molar-refractivity contribution in [1.82, 2.24) is 5.32 Å². The highest BCUT2D eigenvalue weighted by atomic mass is 16.5. The van der Waals surface area contributed by atoms with Crippen LogP contribution in [0.25, 0.3) is 11.0 Å². The smallest absolute Gasteiger partial charge is 0.176 e. The molecule has 3 rings (SSSR count). The number of nitrogens with one attached hydrogen (secondary N) is 1. The molecule has 4 heteroatoms. The molecule has 4 nitrogen and oxygen atoms in total. The lowest BCUT2D eigenvalue weighted by Crippen LogP contribution is -2.22. The number of methoxy groups -OCH3 is 1. The molecule has 0 bridgehead atoms. The van der Waals surface area contributed by atoms with Crippen molar-refractivity contribution in [3.8, 4) is 5.75 Å². The van der Waals surface area contributed by atoms with Crippen molar-refractivity contribution in [1.29, 1.82) is 0 Å². The molecule has 1 unspecified atom stereocenters. The number of ether oxygens (including phenoxy) is 2. The first-order chi connectivity index (χ1) is 8.90. The van der Waals surface area contributed by atoms with E-state index in [9.17, 15) is 0 Å². The van der Waals surface area contributed by atoms with Crippen LogP contribution in [0.1, 0.15) is 18.0 Å². The third-order valence-electron chi connectivity index (χ3n) is 3.40. The molecule has 96 valence electrons. The van der Waals surface area contributed by atoms with E-state index in [-0.39, 0.29) is 0 Å². The van der Waals surface area contributed by atoms with E-state index in [2.05, 4.69) is 11.4 Å². The Bertz CT molecular complexity index is 527. The Morgan fingerprint density at radius 2 is 2.22 bits per heavy atom. The second-order valence-corrected chi connectivity index (χ2v) is 4.43. The van der Waals surface area contributed by atoms with Gasteiger partial charge in [-0.2, -0.15) is 0 Å². The SMILES string of the molecule is COc1ccc(C2CCOCCN2)c2ccoc12. The van der Waals surface area contributed by atoms with Crippen LogP contribution in [-0.2, 0) is 4.74 Å². The summed E-state index contributed by atoms with van der Waals surface area (Å²) >= 11 is 0. The van der Waals surface area contributed by atoms with Crippen LogP contribution in [0.2, 0.25) is 0 Å². The van der Waals surface area contributed by atoms with Crippen molar-refractivity contribution in [2.75, 3.05) is 26.9 Å².